The van der Waals surface area contributed by atoms with Crippen LogP contribution in [0.1, 0.15) is 12.2 Å². The van der Waals surface area contributed by atoms with E-state index in [0.29, 0.717) is 53.5 Å². The number of amides is 2. The highest BCUT2D eigenvalue weighted by Crippen LogP contribution is 2.36. The van der Waals surface area contributed by atoms with Gasteiger partial charge >= 0.3 is 0 Å². The molecule has 3 aromatic rings. The first-order chi connectivity index (χ1) is 14.6. The number of carbonyl (C=O) groups excluding carboxylic acids is 2. The summed E-state index contributed by atoms with van der Waals surface area (Å²) in [6.45, 7) is 3.15. The smallest absolute Gasteiger partial charge is 0.231 e. The number of aryl methyl sites for hydroxylation is 1. The molecule has 1 fully saturated rings. The fraction of sp³-hybridized carbons (Fsp3) is 0.286. The zero-order valence-corrected chi connectivity index (χ0v) is 17.0. The normalized spacial score (nSPS) is 18.0. The number of nitrogens with zero attached hydrogens (tertiary/aromatic N) is 2. The number of furan rings is 1. The van der Waals surface area contributed by atoms with Crippen molar-refractivity contribution in [2.24, 2.45) is 5.92 Å². The Hall–Kier alpha value is -3.33. The molecule has 0 aliphatic carbocycles. The first-order valence-corrected chi connectivity index (χ1v) is 10.5. The molecular formula is C21H19N3O5S. The SMILES string of the molecule is Cc1ccc(-c2csc(NC(=O)[C@@H]3CC(=O)N(c4ccc5c(c4)OCCO5)C3)n2)o1. The van der Waals surface area contributed by atoms with Gasteiger partial charge in [-0.1, -0.05) is 0 Å². The molecule has 1 N–H and O–H groups in total. The molecule has 0 unspecified atom stereocenters. The predicted octanol–water partition coefficient (Wildman–Crippen LogP) is 3.47. The number of hydrogen-bond acceptors (Lipinski definition) is 7. The molecule has 5 rings (SSSR count). The van der Waals surface area contributed by atoms with E-state index in [2.05, 4.69) is 10.3 Å². The van der Waals surface area contributed by atoms with Gasteiger partial charge in [-0.05, 0) is 31.2 Å². The highest BCUT2D eigenvalue weighted by atomic mass is 32.1. The molecular weight excluding hydrogens is 406 g/mol. The van der Waals surface area contributed by atoms with Gasteiger partial charge in [0.05, 0.1) is 5.92 Å². The fourth-order valence-electron chi connectivity index (χ4n) is 3.56. The zero-order chi connectivity index (χ0) is 20.7. The first-order valence-electron chi connectivity index (χ1n) is 9.60. The maximum Gasteiger partial charge on any atom is 0.231 e. The Bertz CT molecular complexity index is 1120. The second-order valence-corrected chi connectivity index (χ2v) is 8.03. The van der Waals surface area contributed by atoms with Crippen LogP contribution in [0.3, 0.4) is 0 Å². The van der Waals surface area contributed by atoms with Crippen LogP contribution in [0.25, 0.3) is 11.5 Å². The number of nitrogens with one attached hydrogen (secondary N) is 1. The van der Waals surface area contributed by atoms with Crippen LogP contribution in [-0.2, 0) is 9.59 Å². The Morgan fingerprint density at radius 2 is 2.03 bits per heavy atom. The van der Waals surface area contributed by atoms with Crippen molar-refractivity contribution in [2.75, 3.05) is 30.0 Å². The minimum atomic E-state index is -0.455. The minimum Gasteiger partial charge on any atom is -0.486 e. The molecule has 0 bridgehead atoms. The van der Waals surface area contributed by atoms with Crippen LogP contribution in [0.15, 0.2) is 40.1 Å². The molecule has 30 heavy (non-hydrogen) atoms. The van der Waals surface area contributed by atoms with E-state index in [1.54, 1.807) is 17.0 Å². The highest BCUT2D eigenvalue weighted by Gasteiger charge is 2.36. The predicted molar refractivity (Wildman–Crippen MR) is 111 cm³/mol. The van der Waals surface area contributed by atoms with Crippen LogP contribution >= 0.6 is 11.3 Å². The molecule has 1 saturated heterocycles. The molecule has 2 aromatic heterocycles. The largest absolute Gasteiger partial charge is 0.486 e. The van der Waals surface area contributed by atoms with E-state index in [-0.39, 0.29) is 18.2 Å². The summed E-state index contributed by atoms with van der Waals surface area (Å²) in [6.07, 6.45) is 0.149. The summed E-state index contributed by atoms with van der Waals surface area (Å²) in [7, 11) is 0. The van der Waals surface area contributed by atoms with Crippen LogP contribution in [-0.4, -0.2) is 36.6 Å². The molecule has 2 aliphatic heterocycles. The Kier molecular flexibility index (Phi) is 4.66. The molecule has 2 amide bonds. The van der Waals surface area contributed by atoms with Gasteiger partial charge in [0.25, 0.3) is 0 Å². The molecule has 8 nitrogen and oxygen atoms in total. The van der Waals surface area contributed by atoms with Gasteiger partial charge in [0.2, 0.25) is 11.8 Å². The van der Waals surface area contributed by atoms with Gasteiger partial charge in [-0.3, -0.25) is 9.59 Å². The molecule has 0 spiro atoms. The van der Waals surface area contributed by atoms with Crippen molar-refractivity contribution in [3.8, 4) is 23.0 Å². The average Bonchev–Trinajstić information content (AvgIpc) is 3.47. The van der Waals surface area contributed by atoms with Crippen molar-refractivity contribution in [1.82, 2.24) is 4.98 Å². The number of rotatable bonds is 4. The molecule has 154 valence electrons. The molecule has 1 aromatic carbocycles. The monoisotopic (exact) mass is 425 g/mol. The lowest BCUT2D eigenvalue weighted by atomic mass is 10.1. The van der Waals surface area contributed by atoms with E-state index in [1.807, 2.05) is 30.5 Å². The summed E-state index contributed by atoms with van der Waals surface area (Å²) in [4.78, 5) is 31.3. The van der Waals surface area contributed by atoms with E-state index < -0.39 is 5.92 Å². The van der Waals surface area contributed by atoms with E-state index in [4.69, 9.17) is 13.9 Å². The Balaban J connectivity index is 1.26. The topological polar surface area (TPSA) is 93.9 Å². The number of carbonyl (C=O) groups is 2. The lowest BCUT2D eigenvalue weighted by Gasteiger charge is -2.22. The number of anilines is 2. The van der Waals surface area contributed by atoms with Crippen molar-refractivity contribution in [1.29, 1.82) is 0 Å². The minimum absolute atomic E-state index is 0.0993. The number of benzene rings is 1. The van der Waals surface area contributed by atoms with Gasteiger partial charge in [-0.2, -0.15) is 0 Å². The molecule has 0 radical (unpaired) electrons. The number of thiazole rings is 1. The van der Waals surface area contributed by atoms with Crippen LogP contribution in [0, 0.1) is 12.8 Å². The van der Waals surface area contributed by atoms with Crippen LogP contribution in [0.4, 0.5) is 10.8 Å². The first kappa shape index (κ1) is 18.7. The van der Waals surface area contributed by atoms with Crippen molar-refractivity contribution in [3.63, 3.8) is 0 Å². The van der Waals surface area contributed by atoms with Crippen molar-refractivity contribution in [3.05, 3.63) is 41.5 Å². The van der Waals surface area contributed by atoms with Gasteiger partial charge in [0.1, 0.15) is 24.7 Å². The van der Waals surface area contributed by atoms with Gasteiger partial charge < -0.3 is 24.1 Å². The maximum atomic E-state index is 12.7. The molecule has 2 aliphatic rings. The van der Waals surface area contributed by atoms with Crippen LogP contribution in [0.2, 0.25) is 0 Å². The van der Waals surface area contributed by atoms with Crippen LogP contribution in [0.5, 0.6) is 11.5 Å². The summed E-state index contributed by atoms with van der Waals surface area (Å²) >= 11 is 1.32. The average molecular weight is 425 g/mol. The van der Waals surface area contributed by atoms with Crippen LogP contribution < -0.4 is 19.7 Å². The Morgan fingerprint density at radius 1 is 1.20 bits per heavy atom. The Labute approximate surface area is 176 Å². The molecule has 4 heterocycles. The standard InChI is InChI=1S/C21H19N3O5S/c1-12-2-4-16(29-12)15-11-30-21(22-15)23-20(26)13-8-19(25)24(10-13)14-3-5-17-18(9-14)28-7-6-27-17/h2-5,9,11,13H,6-8,10H2,1H3,(H,22,23,26)/t13-/m1/s1. The summed E-state index contributed by atoms with van der Waals surface area (Å²) in [5, 5.41) is 5.14. The van der Waals surface area contributed by atoms with Gasteiger partial charge in [-0.15, -0.1) is 11.3 Å². The summed E-state index contributed by atoms with van der Waals surface area (Å²) in [5.74, 6) is 1.96. The zero-order valence-electron chi connectivity index (χ0n) is 16.2. The fourth-order valence-corrected chi connectivity index (χ4v) is 4.26. The molecule has 1 atom stereocenters. The second kappa shape index (κ2) is 7.49. The molecule has 9 heteroatoms. The second-order valence-electron chi connectivity index (χ2n) is 7.17. The summed E-state index contributed by atoms with van der Waals surface area (Å²) in [5.41, 5.74) is 1.37. The third kappa shape index (κ3) is 3.52. The maximum absolute atomic E-state index is 12.7. The van der Waals surface area contributed by atoms with E-state index >= 15 is 0 Å². The summed E-state index contributed by atoms with van der Waals surface area (Å²) < 4.78 is 16.7. The van der Waals surface area contributed by atoms with Crippen molar-refractivity contribution >= 4 is 34.0 Å². The van der Waals surface area contributed by atoms with Gasteiger partial charge in [0.15, 0.2) is 22.4 Å². The lowest BCUT2D eigenvalue weighted by Crippen LogP contribution is -2.28. The third-order valence-electron chi connectivity index (χ3n) is 5.06. The number of ether oxygens (including phenoxy) is 2. The highest BCUT2D eigenvalue weighted by molar-refractivity contribution is 7.14. The van der Waals surface area contributed by atoms with E-state index in [9.17, 15) is 9.59 Å². The third-order valence-corrected chi connectivity index (χ3v) is 5.82. The number of hydrogen-bond donors (Lipinski definition) is 1. The Morgan fingerprint density at radius 3 is 2.83 bits per heavy atom. The van der Waals surface area contributed by atoms with Crippen molar-refractivity contribution < 1.29 is 23.5 Å². The van der Waals surface area contributed by atoms with Gasteiger partial charge in [-0.25, -0.2) is 4.98 Å². The number of fused-ring (bicyclic) bond motifs is 1. The number of aromatic nitrogens is 1. The van der Waals surface area contributed by atoms with E-state index in [1.165, 1.54) is 11.3 Å². The van der Waals surface area contributed by atoms with Crippen molar-refractivity contribution in [2.45, 2.75) is 13.3 Å². The summed E-state index contributed by atoms with van der Waals surface area (Å²) in [6, 6.07) is 9.09. The van der Waals surface area contributed by atoms with E-state index in [0.717, 1.165) is 5.76 Å². The molecule has 0 saturated carbocycles. The quantitative estimate of drug-likeness (QED) is 0.688. The van der Waals surface area contributed by atoms with Gasteiger partial charge in [0, 0.05) is 30.1 Å². The lowest BCUT2D eigenvalue weighted by molar-refractivity contribution is -0.122.